The second kappa shape index (κ2) is 30.1. The average Bonchev–Trinajstić information content (AvgIpc) is 2.00. The van der Waals surface area contributed by atoms with Crippen LogP contribution in [0.5, 0.6) is 0 Å². The third kappa shape index (κ3) is 15.6. The first kappa shape index (κ1) is 63.7. The molecular formula is C69H63N4O10PS2. The zero-order chi connectivity index (χ0) is 61.7. The van der Waals surface area contributed by atoms with E-state index in [1.54, 1.807) is 116 Å². The van der Waals surface area contributed by atoms with Gasteiger partial charge in [-0.1, -0.05) is 163 Å². The standard InChI is InChI=1S/C22H21O2P.C20H19NO4S.C16H13NO3S.C9H7NO.C2H3N/c1-2-24-22(23)18-25(19-12-6-3-7-13-19,20-14-8-4-9-15-20)21-16-10-5-11-17-21;1-3-25-20(22)11-7-16-6-8-17-12-13-21(19(17)14-16)26(23,24)18-9-4-15(2)5-10-18;1-12-2-6-15(7-3-12)21(19,20)17-9-8-14-5-4-13(11-18)10-16(14)17;11-6-7-1-2-8-3-4-10-9(8)5-7;1-2-3/h3-18H,2H2,1H3;4-14H,3H2,1-2H3;2-11H,1H3;1-6,10H;1H3/b;11-7+;;;. The summed E-state index contributed by atoms with van der Waals surface area (Å²) < 4.78 is 63.9. The number of hydrogen-bond donors (Lipinski definition) is 1. The molecule has 0 spiro atoms. The van der Waals surface area contributed by atoms with Gasteiger partial charge in [-0.2, -0.15) is 5.26 Å². The van der Waals surface area contributed by atoms with Gasteiger partial charge in [0.25, 0.3) is 20.0 Å². The highest BCUT2D eigenvalue weighted by atomic mass is 32.2. The van der Waals surface area contributed by atoms with Crippen LogP contribution in [-0.4, -0.2) is 73.3 Å². The number of aldehydes is 2. The summed E-state index contributed by atoms with van der Waals surface area (Å²) in [7, 11) is -7.36. The maximum absolute atomic E-state index is 13.0. The van der Waals surface area contributed by atoms with Crippen molar-refractivity contribution in [2.24, 2.45) is 0 Å². The van der Waals surface area contributed by atoms with Crippen LogP contribution >= 0.6 is 6.89 Å². The second-order valence-corrected chi connectivity index (χ2v) is 25.9. The van der Waals surface area contributed by atoms with Gasteiger partial charge >= 0.3 is 11.9 Å². The lowest BCUT2D eigenvalue weighted by molar-refractivity contribution is -0.137. The number of nitrogens with zero attached hydrogens (tertiary/aromatic N) is 3. The first-order valence-electron chi connectivity index (χ1n) is 27.1. The third-order valence-electron chi connectivity index (χ3n) is 13.1. The fourth-order valence-electron chi connectivity index (χ4n) is 8.98. The van der Waals surface area contributed by atoms with Crippen LogP contribution in [-0.2, 0) is 39.1 Å². The number of rotatable bonds is 14. The molecule has 0 unspecified atom stereocenters. The maximum Gasteiger partial charge on any atom is 0.331 e. The highest BCUT2D eigenvalue weighted by Crippen LogP contribution is 2.43. The molecule has 3 aromatic heterocycles. The molecule has 0 bridgehead atoms. The van der Waals surface area contributed by atoms with Gasteiger partial charge in [0.1, 0.15) is 12.6 Å². The molecule has 86 heavy (non-hydrogen) atoms. The summed E-state index contributed by atoms with van der Waals surface area (Å²) in [6.07, 6.45) is 9.39. The van der Waals surface area contributed by atoms with Crippen LogP contribution in [0.4, 0.5) is 0 Å². The number of ether oxygens (including phenoxy) is 2. The number of aromatic amines is 1. The van der Waals surface area contributed by atoms with Crippen LogP contribution in [0.3, 0.4) is 0 Å². The molecule has 1 N–H and O–H groups in total. The molecule has 11 rings (SSSR count). The number of aryl methyl sites for hydroxylation is 2. The maximum atomic E-state index is 13.0. The largest absolute Gasteiger partial charge is 0.463 e. The van der Waals surface area contributed by atoms with E-state index < -0.39 is 32.9 Å². The number of carbonyl (C=O) groups is 4. The van der Waals surface area contributed by atoms with Crippen molar-refractivity contribution >= 4 is 112 Å². The molecule has 0 atom stereocenters. The highest BCUT2D eigenvalue weighted by molar-refractivity contribution is 7.95. The predicted molar refractivity (Wildman–Crippen MR) is 345 cm³/mol. The van der Waals surface area contributed by atoms with Crippen LogP contribution in [0.1, 0.15) is 58.2 Å². The Labute approximate surface area is 501 Å². The lowest BCUT2D eigenvalue weighted by Gasteiger charge is -2.28. The van der Waals surface area contributed by atoms with Gasteiger partial charge in [-0.15, -0.1) is 0 Å². The van der Waals surface area contributed by atoms with E-state index in [1.165, 1.54) is 27.1 Å². The van der Waals surface area contributed by atoms with E-state index in [4.69, 9.17) is 14.7 Å². The van der Waals surface area contributed by atoms with Gasteiger partial charge in [0.15, 0.2) is 0 Å². The van der Waals surface area contributed by atoms with Gasteiger partial charge in [0, 0.05) is 64.8 Å². The van der Waals surface area contributed by atoms with Gasteiger partial charge in [-0.3, -0.25) is 9.59 Å². The number of aromatic nitrogens is 3. The lowest BCUT2D eigenvalue weighted by Crippen LogP contribution is -2.29. The average molecular weight is 1200 g/mol. The Kier molecular flexibility index (Phi) is 22.3. The third-order valence-corrected chi connectivity index (χ3v) is 20.5. The highest BCUT2D eigenvalue weighted by Gasteiger charge is 2.27. The molecule has 0 radical (unpaired) electrons. The van der Waals surface area contributed by atoms with Crippen molar-refractivity contribution in [2.75, 3.05) is 13.2 Å². The first-order valence-corrected chi connectivity index (χ1v) is 31.8. The number of esters is 2. The molecule has 8 aromatic carbocycles. The molecule has 3 heterocycles. The zero-order valence-electron chi connectivity index (χ0n) is 47.9. The molecule has 0 aliphatic rings. The van der Waals surface area contributed by atoms with Crippen molar-refractivity contribution in [1.29, 1.82) is 5.26 Å². The molecule has 0 fully saturated rings. The van der Waals surface area contributed by atoms with Gasteiger partial charge in [-0.05, 0) is 128 Å². The molecule has 17 heteroatoms. The van der Waals surface area contributed by atoms with E-state index in [2.05, 4.69) is 41.4 Å². The van der Waals surface area contributed by atoms with Crippen molar-refractivity contribution < 1.29 is 45.5 Å². The van der Waals surface area contributed by atoms with E-state index in [1.807, 2.05) is 118 Å². The Bertz CT molecular complexity index is 4370. The summed E-state index contributed by atoms with van der Waals surface area (Å²) in [5.41, 5.74) is 5.92. The minimum atomic E-state index is -3.69. The number of nitrogens with one attached hydrogen (secondary N) is 1. The van der Waals surface area contributed by atoms with Crippen molar-refractivity contribution in [3.63, 3.8) is 0 Å². The van der Waals surface area contributed by atoms with E-state index in [-0.39, 0.29) is 15.8 Å². The normalized spacial score (nSPS) is 11.0. The predicted octanol–water partition coefficient (Wildman–Crippen LogP) is 12.6. The van der Waals surface area contributed by atoms with Gasteiger partial charge < -0.3 is 14.5 Å². The molecule has 0 aliphatic carbocycles. The van der Waals surface area contributed by atoms with E-state index in [0.717, 1.165) is 55.0 Å². The lowest BCUT2D eigenvalue weighted by atomic mass is 10.1. The Hall–Kier alpha value is -9.91. The summed E-state index contributed by atoms with van der Waals surface area (Å²) in [5, 5.41) is 13.4. The summed E-state index contributed by atoms with van der Waals surface area (Å²) in [4.78, 5) is 48.7. The van der Waals surface area contributed by atoms with Crippen LogP contribution in [0.15, 0.2) is 247 Å². The SMILES string of the molecule is CC#N.CCOC(=O)/C=C/c1ccc2ccn(S(=O)(=O)c3ccc(C)cc3)c2c1.CCOC(=O)C=P(c1ccccc1)(c1ccccc1)c1ccccc1.Cc1ccc(S(=O)(=O)n2ccc3ccc(C=O)cc32)cc1.O=Cc1ccc2cc[nH]c2c1. The van der Waals surface area contributed by atoms with E-state index in [9.17, 15) is 36.0 Å². The summed E-state index contributed by atoms with van der Waals surface area (Å²) in [5.74, 6) is 1.10. The number of hydrogen-bond acceptors (Lipinski definition) is 11. The second-order valence-electron chi connectivity index (χ2n) is 19.0. The van der Waals surface area contributed by atoms with Crippen molar-refractivity contribution in [1.82, 2.24) is 12.9 Å². The van der Waals surface area contributed by atoms with Gasteiger partial charge in [-0.25, -0.2) is 34.4 Å². The molecule has 14 nitrogen and oxygen atoms in total. The van der Waals surface area contributed by atoms with Crippen LogP contribution in [0.2, 0.25) is 0 Å². The van der Waals surface area contributed by atoms with Crippen molar-refractivity contribution in [3.05, 3.63) is 265 Å². The molecule has 0 amide bonds. The minimum absolute atomic E-state index is 0.224. The number of H-pyrrole nitrogens is 1. The first-order chi connectivity index (χ1) is 41.5. The quantitative estimate of drug-likeness (QED) is 0.0469. The minimum Gasteiger partial charge on any atom is -0.463 e. The fourth-order valence-corrected chi connectivity index (χ4v) is 15.3. The van der Waals surface area contributed by atoms with Crippen molar-refractivity contribution in [2.45, 2.75) is 44.4 Å². The fraction of sp³-hybridized carbons (Fsp3) is 0.101. The van der Waals surface area contributed by atoms with Gasteiger partial charge in [0.05, 0.1) is 40.1 Å². The van der Waals surface area contributed by atoms with Crippen LogP contribution in [0.25, 0.3) is 38.8 Å². The molecular weight excluding hydrogens is 1140 g/mol. The van der Waals surface area contributed by atoms with Crippen LogP contribution < -0.4 is 15.9 Å². The topological polar surface area (TPSA) is 204 Å². The van der Waals surface area contributed by atoms with E-state index in [0.29, 0.717) is 47.2 Å². The summed E-state index contributed by atoms with van der Waals surface area (Å²) in [6.45, 7) is 7.24. The zero-order valence-corrected chi connectivity index (χ0v) is 50.5. The summed E-state index contributed by atoms with van der Waals surface area (Å²) >= 11 is 0. The van der Waals surface area contributed by atoms with Crippen molar-refractivity contribution in [3.8, 4) is 6.07 Å². The monoisotopic (exact) mass is 1200 g/mol. The molecule has 436 valence electrons. The Morgan fingerprint density at radius 3 is 1.35 bits per heavy atom. The number of nitriles is 1. The Balaban J connectivity index is 0.000000166. The smallest absolute Gasteiger partial charge is 0.331 e. The Morgan fingerprint density at radius 2 is 0.919 bits per heavy atom. The molecule has 11 aromatic rings. The Morgan fingerprint density at radius 1 is 0.523 bits per heavy atom. The van der Waals surface area contributed by atoms with Gasteiger partial charge in [0.2, 0.25) is 0 Å². The molecule has 0 aliphatic heterocycles. The summed E-state index contributed by atoms with van der Waals surface area (Å²) in [6, 6.07) is 67.3. The van der Waals surface area contributed by atoms with E-state index >= 15 is 0 Å². The number of carbonyl (C=O) groups excluding carboxylic acids is 4. The molecule has 0 saturated carbocycles. The number of benzene rings is 8. The molecule has 0 saturated heterocycles. The van der Waals surface area contributed by atoms with Crippen LogP contribution in [0, 0.1) is 25.2 Å². The number of fused-ring (bicyclic) bond motifs is 3.